The topological polar surface area (TPSA) is 69.6 Å². The quantitative estimate of drug-likeness (QED) is 0.810. The molecule has 104 valence electrons. The van der Waals surface area contributed by atoms with Gasteiger partial charge in [-0.25, -0.2) is 4.79 Å². The zero-order valence-corrected chi connectivity index (χ0v) is 11.5. The summed E-state index contributed by atoms with van der Waals surface area (Å²) >= 11 is 0. The largest absolute Gasteiger partial charge is 0.481 e. The number of hydrogen-bond donors (Lipinski definition) is 2. The van der Waals surface area contributed by atoms with E-state index in [4.69, 9.17) is 5.11 Å². The predicted octanol–water partition coefficient (Wildman–Crippen LogP) is 2.21. The molecule has 1 aliphatic heterocycles. The van der Waals surface area contributed by atoms with Gasteiger partial charge in [0.25, 0.3) is 0 Å². The van der Waals surface area contributed by atoms with Gasteiger partial charge in [-0.1, -0.05) is 0 Å². The lowest BCUT2D eigenvalue weighted by molar-refractivity contribution is -0.137. The summed E-state index contributed by atoms with van der Waals surface area (Å²) in [6, 6.07) is 0.201. The molecular weight excluding hydrogens is 232 g/mol. The van der Waals surface area contributed by atoms with Crippen LogP contribution in [0.4, 0.5) is 4.79 Å². The average molecular weight is 256 g/mol. The molecule has 1 unspecified atom stereocenters. The number of aliphatic carboxylic acids is 1. The molecule has 0 aliphatic carbocycles. The van der Waals surface area contributed by atoms with Crippen LogP contribution in [0.5, 0.6) is 0 Å². The molecule has 0 aromatic rings. The third-order valence-electron chi connectivity index (χ3n) is 3.47. The standard InChI is InChI=1S/C13H24N2O3/c1-10-6-4-5-9-15(10)12(18)14-13(2,3)8-7-11(16)17/h10H,4-9H2,1-3H3,(H,14,18)(H,16,17). The van der Waals surface area contributed by atoms with E-state index < -0.39 is 11.5 Å². The lowest BCUT2D eigenvalue weighted by atomic mass is 9.98. The molecule has 1 aliphatic rings. The minimum atomic E-state index is -0.830. The number of carboxylic acid groups (broad SMARTS) is 1. The van der Waals surface area contributed by atoms with Crippen LogP contribution in [0, 0.1) is 0 Å². The van der Waals surface area contributed by atoms with Crippen LogP contribution in [0.15, 0.2) is 0 Å². The van der Waals surface area contributed by atoms with Crippen molar-refractivity contribution in [3.63, 3.8) is 0 Å². The fraction of sp³-hybridized carbons (Fsp3) is 0.846. The molecule has 5 nitrogen and oxygen atoms in total. The monoisotopic (exact) mass is 256 g/mol. The Bertz CT molecular complexity index is 315. The molecule has 0 aromatic carbocycles. The van der Waals surface area contributed by atoms with Crippen LogP contribution in [0.25, 0.3) is 0 Å². The van der Waals surface area contributed by atoms with E-state index in [0.717, 1.165) is 19.4 Å². The summed E-state index contributed by atoms with van der Waals surface area (Å²) in [6.45, 7) is 6.58. The fourth-order valence-corrected chi connectivity index (χ4v) is 2.24. The highest BCUT2D eigenvalue weighted by atomic mass is 16.4. The van der Waals surface area contributed by atoms with Gasteiger partial charge in [-0.15, -0.1) is 0 Å². The van der Waals surface area contributed by atoms with Crippen molar-refractivity contribution in [2.45, 2.75) is 64.5 Å². The minimum Gasteiger partial charge on any atom is -0.481 e. The minimum absolute atomic E-state index is 0.0717. The number of likely N-dealkylation sites (tertiary alicyclic amines) is 1. The second-order valence-corrected chi connectivity index (χ2v) is 5.75. The molecular formula is C13H24N2O3. The molecule has 1 saturated heterocycles. The molecule has 1 heterocycles. The number of carbonyl (C=O) groups excluding carboxylic acids is 1. The van der Waals surface area contributed by atoms with Gasteiger partial charge in [-0.05, 0) is 46.5 Å². The first-order chi connectivity index (χ1) is 8.32. The summed E-state index contributed by atoms with van der Waals surface area (Å²) in [5.41, 5.74) is -0.480. The van der Waals surface area contributed by atoms with E-state index in [2.05, 4.69) is 12.2 Å². The zero-order chi connectivity index (χ0) is 13.8. The summed E-state index contributed by atoms with van der Waals surface area (Å²) in [6.07, 6.45) is 3.78. The lowest BCUT2D eigenvalue weighted by Crippen LogP contribution is -2.53. The third-order valence-corrected chi connectivity index (χ3v) is 3.47. The molecule has 0 aromatic heterocycles. The van der Waals surface area contributed by atoms with E-state index in [1.54, 1.807) is 0 Å². The van der Waals surface area contributed by atoms with E-state index in [-0.39, 0.29) is 18.5 Å². The Kier molecular flexibility index (Phi) is 4.99. The van der Waals surface area contributed by atoms with Crippen molar-refractivity contribution in [2.24, 2.45) is 0 Å². The van der Waals surface area contributed by atoms with Gasteiger partial charge in [-0.2, -0.15) is 0 Å². The second kappa shape index (κ2) is 6.07. The van der Waals surface area contributed by atoms with Crippen molar-refractivity contribution in [1.29, 1.82) is 0 Å². The highest BCUT2D eigenvalue weighted by Crippen LogP contribution is 2.18. The molecule has 2 amide bonds. The Balaban J connectivity index is 2.49. The van der Waals surface area contributed by atoms with Crippen LogP contribution >= 0.6 is 0 Å². The first-order valence-electron chi connectivity index (χ1n) is 6.62. The molecule has 0 spiro atoms. The lowest BCUT2D eigenvalue weighted by Gasteiger charge is -2.36. The van der Waals surface area contributed by atoms with Gasteiger partial charge in [0, 0.05) is 24.5 Å². The Morgan fingerprint density at radius 1 is 1.39 bits per heavy atom. The maximum atomic E-state index is 12.1. The number of hydrogen-bond acceptors (Lipinski definition) is 2. The summed E-state index contributed by atoms with van der Waals surface area (Å²) in [4.78, 5) is 24.6. The Morgan fingerprint density at radius 3 is 2.61 bits per heavy atom. The van der Waals surface area contributed by atoms with E-state index in [0.29, 0.717) is 6.42 Å². The average Bonchev–Trinajstić information content (AvgIpc) is 2.26. The predicted molar refractivity (Wildman–Crippen MR) is 69.5 cm³/mol. The van der Waals surface area contributed by atoms with Crippen molar-refractivity contribution in [1.82, 2.24) is 10.2 Å². The number of carboxylic acids is 1. The zero-order valence-electron chi connectivity index (χ0n) is 11.5. The van der Waals surface area contributed by atoms with E-state index in [9.17, 15) is 9.59 Å². The van der Waals surface area contributed by atoms with Crippen molar-refractivity contribution >= 4 is 12.0 Å². The highest BCUT2D eigenvalue weighted by Gasteiger charge is 2.28. The first kappa shape index (κ1) is 14.8. The summed E-state index contributed by atoms with van der Waals surface area (Å²) in [5.74, 6) is -0.830. The smallest absolute Gasteiger partial charge is 0.318 e. The Hall–Kier alpha value is -1.26. The molecule has 2 N–H and O–H groups in total. The van der Waals surface area contributed by atoms with E-state index in [1.807, 2.05) is 18.7 Å². The number of carbonyl (C=O) groups is 2. The van der Waals surface area contributed by atoms with Gasteiger partial charge in [0.1, 0.15) is 0 Å². The number of rotatable bonds is 4. The maximum absolute atomic E-state index is 12.1. The molecule has 1 fully saturated rings. The Labute approximate surface area is 109 Å². The molecule has 5 heteroatoms. The van der Waals surface area contributed by atoms with Crippen LogP contribution < -0.4 is 5.32 Å². The van der Waals surface area contributed by atoms with Gasteiger partial charge >= 0.3 is 12.0 Å². The molecule has 0 saturated carbocycles. The van der Waals surface area contributed by atoms with Gasteiger partial charge in [0.2, 0.25) is 0 Å². The highest BCUT2D eigenvalue weighted by molar-refractivity contribution is 5.75. The van der Waals surface area contributed by atoms with Gasteiger partial charge in [0.15, 0.2) is 0 Å². The Morgan fingerprint density at radius 2 is 2.06 bits per heavy atom. The van der Waals surface area contributed by atoms with Crippen molar-refractivity contribution in [2.75, 3.05) is 6.54 Å². The van der Waals surface area contributed by atoms with Crippen LogP contribution in [-0.4, -0.2) is 40.1 Å². The summed E-state index contributed by atoms with van der Waals surface area (Å²) < 4.78 is 0. The van der Waals surface area contributed by atoms with Crippen molar-refractivity contribution in [3.8, 4) is 0 Å². The molecule has 1 rings (SSSR count). The molecule has 1 atom stereocenters. The fourth-order valence-electron chi connectivity index (χ4n) is 2.24. The third kappa shape index (κ3) is 4.55. The summed E-state index contributed by atoms with van der Waals surface area (Å²) in [5, 5.41) is 11.6. The summed E-state index contributed by atoms with van der Waals surface area (Å²) in [7, 11) is 0. The molecule has 0 radical (unpaired) electrons. The number of piperidine rings is 1. The van der Waals surface area contributed by atoms with Crippen LogP contribution in [-0.2, 0) is 4.79 Å². The number of urea groups is 1. The van der Waals surface area contributed by atoms with Crippen molar-refractivity contribution in [3.05, 3.63) is 0 Å². The number of amides is 2. The SMILES string of the molecule is CC1CCCCN1C(=O)NC(C)(C)CCC(=O)O. The van der Waals surface area contributed by atoms with E-state index >= 15 is 0 Å². The second-order valence-electron chi connectivity index (χ2n) is 5.75. The molecule has 0 bridgehead atoms. The van der Waals surface area contributed by atoms with Gasteiger partial charge < -0.3 is 15.3 Å². The maximum Gasteiger partial charge on any atom is 0.318 e. The van der Waals surface area contributed by atoms with Gasteiger partial charge in [0.05, 0.1) is 0 Å². The van der Waals surface area contributed by atoms with Crippen LogP contribution in [0.2, 0.25) is 0 Å². The van der Waals surface area contributed by atoms with Crippen LogP contribution in [0.3, 0.4) is 0 Å². The van der Waals surface area contributed by atoms with E-state index in [1.165, 1.54) is 6.42 Å². The number of nitrogens with one attached hydrogen (secondary N) is 1. The number of nitrogens with zero attached hydrogens (tertiary/aromatic N) is 1. The normalized spacial score (nSPS) is 20.6. The molecule has 18 heavy (non-hydrogen) atoms. The van der Waals surface area contributed by atoms with Gasteiger partial charge in [-0.3, -0.25) is 4.79 Å². The van der Waals surface area contributed by atoms with Crippen molar-refractivity contribution < 1.29 is 14.7 Å². The first-order valence-corrected chi connectivity index (χ1v) is 6.62. The van der Waals surface area contributed by atoms with Crippen LogP contribution in [0.1, 0.15) is 52.9 Å².